The Kier molecular flexibility index (Phi) is 6.78. The molecule has 0 spiro atoms. The van der Waals surface area contributed by atoms with E-state index in [0.717, 1.165) is 17.0 Å². The number of nitro groups is 1. The number of nitrogens with zero attached hydrogens (tertiary/aromatic N) is 4. The van der Waals surface area contributed by atoms with Crippen molar-refractivity contribution in [2.24, 2.45) is 0 Å². The highest BCUT2D eigenvalue weighted by Gasteiger charge is 2.11. The van der Waals surface area contributed by atoms with Crippen molar-refractivity contribution in [1.82, 2.24) is 20.3 Å². The molecule has 176 valence electrons. The van der Waals surface area contributed by atoms with Gasteiger partial charge in [0.25, 0.3) is 5.69 Å². The highest BCUT2D eigenvalue weighted by Crippen LogP contribution is 2.23. The number of hydrogen-bond acceptors (Lipinski definition) is 7. The SMILES string of the molecule is COc1ccc(-n2nc3cc(C)c(NC(=S)NC(=O)C=Cc4cccc([N+](=O)[O-])c4)cc3n2)cc1. The average molecular weight is 489 g/mol. The zero-order valence-corrected chi connectivity index (χ0v) is 19.6. The van der Waals surface area contributed by atoms with Crippen LogP contribution in [0.15, 0.2) is 66.7 Å². The number of nitrogens with one attached hydrogen (secondary N) is 2. The van der Waals surface area contributed by atoms with Crippen molar-refractivity contribution in [2.75, 3.05) is 12.4 Å². The monoisotopic (exact) mass is 488 g/mol. The van der Waals surface area contributed by atoms with Crippen LogP contribution in [0.2, 0.25) is 0 Å². The number of thiocarbonyl (C=S) groups is 1. The van der Waals surface area contributed by atoms with Crippen LogP contribution in [0.3, 0.4) is 0 Å². The Morgan fingerprint density at radius 3 is 2.51 bits per heavy atom. The van der Waals surface area contributed by atoms with Gasteiger partial charge in [0, 0.05) is 23.9 Å². The predicted molar refractivity (Wildman–Crippen MR) is 137 cm³/mol. The number of carbonyl (C=O) groups is 1. The van der Waals surface area contributed by atoms with Crippen molar-refractivity contribution < 1.29 is 14.5 Å². The first kappa shape index (κ1) is 23.5. The molecule has 0 unspecified atom stereocenters. The number of aryl methyl sites for hydroxylation is 1. The average Bonchev–Trinajstić information content (AvgIpc) is 3.25. The first-order valence-electron chi connectivity index (χ1n) is 10.4. The van der Waals surface area contributed by atoms with Crippen LogP contribution in [-0.4, -0.2) is 38.0 Å². The summed E-state index contributed by atoms with van der Waals surface area (Å²) in [6, 6.07) is 17.0. The highest BCUT2D eigenvalue weighted by molar-refractivity contribution is 7.80. The molecule has 1 amide bonds. The van der Waals surface area contributed by atoms with Crippen LogP contribution in [-0.2, 0) is 4.79 Å². The molecule has 3 aromatic carbocycles. The smallest absolute Gasteiger partial charge is 0.270 e. The molecule has 11 heteroatoms. The summed E-state index contributed by atoms with van der Waals surface area (Å²) in [6.45, 7) is 1.89. The van der Waals surface area contributed by atoms with Gasteiger partial charge in [0.05, 0.1) is 17.7 Å². The first-order valence-corrected chi connectivity index (χ1v) is 10.8. The Bertz CT molecular complexity index is 1460. The van der Waals surface area contributed by atoms with E-state index < -0.39 is 10.8 Å². The van der Waals surface area contributed by atoms with Gasteiger partial charge in [0.2, 0.25) is 5.91 Å². The number of non-ortho nitro benzene ring substituents is 1. The van der Waals surface area contributed by atoms with Crippen molar-refractivity contribution >= 4 is 51.7 Å². The molecule has 10 nitrogen and oxygen atoms in total. The zero-order chi connectivity index (χ0) is 24.9. The number of fused-ring (bicyclic) bond motifs is 1. The summed E-state index contributed by atoms with van der Waals surface area (Å²) in [5.74, 6) is 0.265. The van der Waals surface area contributed by atoms with E-state index >= 15 is 0 Å². The lowest BCUT2D eigenvalue weighted by Crippen LogP contribution is -2.33. The van der Waals surface area contributed by atoms with Crippen LogP contribution in [0.4, 0.5) is 11.4 Å². The number of aromatic nitrogens is 3. The fraction of sp³-hybridized carbons (Fsp3) is 0.0833. The van der Waals surface area contributed by atoms with Crippen LogP contribution in [0.25, 0.3) is 22.8 Å². The van der Waals surface area contributed by atoms with E-state index in [0.29, 0.717) is 22.3 Å². The normalized spacial score (nSPS) is 10.9. The van der Waals surface area contributed by atoms with Gasteiger partial charge >= 0.3 is 0 Å². The molecule has 0 aliphatic carbocycles. The van der Waals surface area contributed by atoms with Gasteiger partial charge in [0.1, 0.15) is 16.8 Å². The highest BCUT2D eigenvalue weighted by atomic mass is 32.1. The summed E-state index contributed by atoms with van der Waals surface area (Å²) in [7, 11) is 1.60. The number of carbonyl (C=O) groups excluding carboxylic acids is 1. The molecule has 0 radical (unpaired) electrons. The lowest BCUT2D eigenvalue weighted by Gasteiger charge is -2.10. The second kappa shape index (κ2) is 10.1. The Hall–Kier alpha value is -4.64. The van der Waals surface area contributed by atoms with E-state index in [1.165, 1.54) is 29.1 Å². The van der Waals surface area contributed by atoms with Crippen LogP contribution in [0.1, 0.15) is 11.1 Å². The number of benzene rings is 3. The van der Waals surface area contributed by atoms with Crippen LogP contribution >= 0.6 is 12.2 Å². The van der Waals surface area contributed by atoms with Crippen molar-refractivity contribution in [3.05, 3.63) is 88.0 Å². The molecule has 1 heterocycles. The summed E-state index contributed by atoms with van der Waals surface area (Å²) in [6.07, 6.45) is 2.73. The van der Waals surface area contributed by atoms with E-state index in [2.05, 4.69) is 20.8 Å². The van der Waals surface area contributed by atoms with Gasteiger partial charge in [-0.2, -0.15) is 4.80 Å². The van der Waals surface area contributed by atoms with E-state index in [4.69, 9.17) is 17.0 Å². The maximum atomic E-state index is 12.2. The molecule has 1 aromatic heterocycles. The van der Waals surface area contributed by atoms with Crippen LogP contribution < -0.4 is 15.4 Å². The van der Waals surface area contributed by atoms with E-state index in [9.17, 15) is 14.9 Å². The second-order valence-corrected chi connectivity index (χ2v) is 7.88. The Morgan fingerprint density at radius 1 is 1.11 bits per heavy atom. The minimum Gasteiger partial charge on any atom is -0.497 e. The van der Waals surface area contributed by atoms with Gasteiger partial charge in [-0.1, -0.05) is 12.1 Å². The zero-order valence-electron chi connectivity index (χ0n) is 18.8. The number of methoxy groups -OCH3 is 1. The van der Waals surface area contributed by atoms with Crippen molar-refractivity contribution in [3.63, 3.8) is 0 Å². The van der Waals surface area contributed by atoms with Crippen molar-refractivity contribution in [2.45, 2.75) is 6.92 Å². The molecule has 0 atom stereocenters. The fourth-order valence-corrected chi connectivity index (χ4v) is 3.47. The molecule has 35 heavy (non-hydrogen) atoms. The maximum Gasteiger partial charge on any atom is 0.270 e. The molecule has 0 aliphatic heterocycles. The van der Waals surface area contributed by atoms with Gasteiger partial charge in [-0.25, -0.2) is 0 Å². The number of nitro benzene ring substituents is 1. The Labute approximate surface area is 205 Å². The largest absolute Gasteiger partial charge is 0.497 e. The molecule has 0 saturated heterocycles. The number of anilines is 1. The lowest BCUT2D eigenvalue weighted by molar-refractivity contribution is -0.384. The molecule has 4 rings (SSSR count). The summed E-state index contributed by atoms with van der Waals surface area (Å²) in [5, 5.41) is 25.6. The molecular formula is C24H20N6O4S. The standard InChI is InChI=1S/C24H20N6O4S/c1-15-12-21-22(28-29(27-21)17-7-9-19(34-2)10-8-17)14-20(15)25-24(35)26-23(31)11-6-16-4-3-5-18(13-16)30(32)33/h3-14H,1-2H3,(H2,25,26,31,35). The quantitative estimate of drug-likeness (QED) is 0.179. The van der Waals surface area contributed by atoms with Crippen molar-refractivity contribution in [3.8, 4) is 11.4 Å². The first-order chi connectivity index (χ1) is 16.8. The van der Waals surface area contributed by atoms with Crippen LogP contribution in [0.5, 0.6) is 5.75 Å². The third-order valence-electron chi connectivity index (χ3n) is 5.02. The third-order valence-corrected chi connectivity index (χ3v) is 5.23. The van der Waals surface area contributed by atoms with Crippen molar-refractivity contribution in [1.29, 1.82) is 0 Å². The van der Waals surface area contributed by atoms with Gasteiger partial charge in [-0.3, -0.25) is 20.2 Å². The maximum absolute atomic E-state index is 12.2. The number of rotatable bonds is 6. The number of amides is 1. The number of ether oxygens (including phenoxy) is 1. The predicted octanol–water partition coefficient (Wildman–Crippen LogP) is 4.17. The molecule has 0 fully saturated rings. The third kappa shape index (κ3) is 5.65. The van der Waals surface area contributed by atoms with E-state index in [1.54, 1.807) is 25.3 Å². The fourth-order valence-electron chi connectivity index (χ4n) is 3.25. The minimum atomic E-state index is -0.495. The van der Waals surface area contributed by atoms with E-state index in [-0.39, 0.29) is 10.8 Å². The summed E-state index contributed by atoms with van der Waals surface area (Å²) in [4.78, 5) is 24.2. The molecule has 0 bridgehead atoms. The summed E-state index contributed by atoms with van der Waals surface area (Å²) < 4.78 is 5.18. The Morgan fingerprint density at radius 2 is 1.83 bits per heavy atom. The molecule has 0 aliphatic rings. The second-order valence-electron chi connectivity index (χ2n) is 7.47. The summed E-state index contributed by atoms with van der Waals surface area (Å²) in [5.41, 5.74) is 4.14. The van der Waals surface area contributed by atoms with Crippen LogP contribution in [0, 0.1) is 17.0 Å². The lowest BCUT2D eigenvalue weighted by atomic mass is 10.2. The minimum absolute atomic E-state index is 0.0560. The van der Waals surface area contributed by atoms with Gasteiger partial charge < -0.3 is 10.1 Å². The molecule has 0 saturated carbocycles. The van der Waals surface area contributed by atoms with Gasteiger partial charge in [0.15, 0.2) is 5.11 Å². The van der Waals surface area contributed by atoms with Gasteiger partial charge in [-0.05, 0) is 72.7 Å². The number of hydrogen-bond donors (Lipinski definition) is 2. The Balaban J connectivity index is 1.44. The molecular weight excluding hydrogens is 468 g/mol. The topological polar surface area (TPSA) is 124 Å². The molecule has 4 aromatic rings. The summed E-state index contributed by atoms with van der Waals surface area (Å²) >= 11 is 5.27. The van der Waals surface area contributed by atoms with Gasteiger partial charge in [-0.15, -0.1) is 10.2 Å². The molecule has 2 N–H and O–H groups in total. The van der Waals surface area contributed by atoms with E-state index in [1.807, 2.05) is 37.3 Å².